The topological polar surface area (TPSA) is 47.6 Å². The van der Waals surface area contributed by atoms with E-state index in [-0.39, 0.29) is 5.91 Å². The van der Waals surface area contributed by atoms with Gasteiger partial charge in [0.05, 0.1) is 24.7 Å². The van der Waals surface area contributed by atoms with Crippen LogP contribution in [0.25, 0.3) is 0 Å². The van der Waals surface area contributed by atoms with E-state index in [0.29, 0.717) is 30.4 Å². The molecule has 0 saturated heterocycles. The lowest BCUT2D eigenvalue weighted by atomic mass is 10.2. The van der Waals surface area contributed by atoms with Crippen molar-refractivity contribution in [2.75, 3.05) is 30.0 Å². The summed E-state index contributed by atoms with van der Waals surface area (Å²) in [6.45, 7) is 5.11. The number of carbonyl (C=O) groups is 1. The highest BCUT2D eigenvalue weighted by atomic mass is 32.2. The van der Waals surface area contributed by atoms with Gasteiger partial charge < -0.3 is 14.8 Å². The maximum absolute atomic E-state index is 12.0. The molecule has 0 radical (unpaired) electrons. The summed E-state index contributed by atoms with van der Waals surface area (Å²) in [6, 6.07) is 15.4. The van der Waals surface area contributed by atoms with Gasteiger partial charge in [0.15, 0.2) is 0 Å². The van der Waals surface area contributed by atoms with Crippen LogP contribution in [0, 0.1) is 6.92 Å². The van der Waals surface area contributed by atoms with Gasteiger partial charge in [-0.15, -0.1) is 11.8 Å². The number of nitrogens with one attached hydrogen (secondary N) is 1. The summed E-state index contributed by atoms with van der Waals surface area (Å²) < 4.78 is 11.1. The number of thioether (sulfide) groups is 1. The van der Waals surface area contributed by atoms with Crippen molar-refractivity contribution in [3.63, 3.8) is 0 Å². The summed E-state index contributed by atoms with van der Waals surface area (Å²) in [5.41, 5.74) is 1.92. The first kappa shape index (κ1) is 18.2. The molecule has 0 unspecified atom stereocenters. The van der Waals surface area contributed by atoms with Crippen molar-refractivity contribution in [1.29, 1.82) is 0 Å². The lowest BCUT2D eigenvalue weighted by molar-refractivity contribution is -0.113. The minimum absolute atomic E-state index is 0.0394. The predicted octanol–water partition coefficient (Wildman–Crippen LogP) is 4.14. The van der Waals surface area contributed by atoms with Crippen molar-refractivity contribution >= 4 is 23.4 Å². The molecule has 128 valence electrons. The molecule has 2 aromatic rings. The van der Waals surface area contributed by atoms with E-state index in [9.17, 15) is 4.79 Å². The van der Waals surface area contributed by atoms with Crippen molar-refractivity contribution in [2.45, 2.75) is 13.8 Å². The lowest BCUT2D eigenvalue weighted by Crippen LogP contribution is -2.16. The average Bonchev–Trinajstić information content (AvgIpc) is 2.58. The van der Waals surface area contributed by atoms with E-state index in [0.717, 1.165) is 11.5 Å². The largest absolute Gasteiger partial charge is 0.493 e. The number of benzene rings is 2. The average molecular weight is 345 g/mol. The maximum Gasteiger partial charge on any atom is 0.234 e. The molecule has 1 amide bonds. The third kappa shape index (κ3) is 6.16. The summed E-state index contributed by atoms with van der Waals surface area (Å²) in [7, 11) is 0. The molecule has 2 aromatic carbocycles. The number of hydrogen-bond donors (Lipinski definition) is 1. The molecular formula is C19H23NO3S. The van der Waals surface area contributed by atoms with Crippen LogP contribution in [0.5, 0.6) is 11.5 Å². The molecule has 24 heavy (non-hydrogen) atoms. The van der Waals surface area contributed by atoms with Crippen LogP contribution in [0.15, 0.2) is 48.5 Å². The Kier molecular flexibility index (Phi) is 7.49. The van der Waals surface area contributed by atoms with Gasteiger partial charge in [-0.25, -0.2) is 0 Å². The highest BCUT2D eigenvalue weighted by Crippen LogP contribution is 2.23. The zero-order valence-electron chi connectivity index (χ0n) is 14.1. The predicted molar refractivity (Wildman–Crippen MR) is 100 cm³/mol. The normalized spacial score (nSPS) is 10.2. The second-order valence-electron chi connectivity index (χ2n) is 5.19. The molecule has 0 spiro atoms. The lowest BCUT2D eigenvalue weighted by Gasteiger charge is -2.11. The fourth-order valence-corrected chi connectivity index (χ4v) is 2.66. The summed E-state index contributed by atoms with van der Waals surface area (Å²) >= 11 is 1.54. The van der Waals surface area contributed by atoms with Crippen molar-refractivity contribution in [3.05, 3.63) is 54.1 Å². The Balaban J connectivity index is 1.67. The summed E-state index contributed by atoms with van der Waals surface area (Å²) in [5, 5.41) is 2.88. The molecule has 0 aliphatic heterocycles. The van der Waals surface area contributed by atoms with Crippen LogP contribution in [0.2, 0.25) is 0 Å². The van der Waals surface area contributed by atoms with E-state index in [1.165, 1.54) is 5.56 Å². The van der Waals surface area contributed by atoms with Gasteiger partial charge in [0.25, 0.3) is 0 Å². The molecule has 0 heterocycles. The molecule has 0 aliphatic carbocycles. The van der Waals surface area contributed by atoms with Crippen LogP contribution in [0.3, 0.4) is 0 Å². The molecule has 0 bridgehead atoms. The van der Waals surface area contributed by atoms with Gasteiger partial charge in [-0.2, -0.15) is 0 Å². The fourth-order valence-electron chi connectivity index (χ4n) is 2.06. The van der Waals surface area contributed by atoms with E-state index >= 15 is 0 Å². The quantitative estimate of drug-likeness (QED) is 0.694. The third-order valence-corrected chi connectivity index (χ3v) is 4.13. The molecular weight excluding hydrogens is 322 g/mol. The first-order valence-corrected chi connectivity index (χ1v) is 9.13. The Morgan fingerprint density at radius 2 is 1.83 bits per heavy atom. The molecule has 0 aliphatic rings. The zero-order chi connectivity index (χ0) is 17.2. The summed E-state index contributed by atoms with van der Waals surface area (Å²) in [5.74, 6) is 2.66. The van der Waals surface area contributed by atoms with E-state index in [4.69, 9.17) is 9.47 Å². The summed E-state index contributed by atoms with van der Waals surface area (Å²) in [4.78, 5) is 12.0. The Morgan fingerprint density at radius 1 is 1.08 bits per heavy atom. The van der Waals surface area contributed by atoms with Gasteiger partial charge in [0.1, 0.15) is 11.5 Å². The Labute approximate surface area is 147 Å². The first-order valence-electron chi connectivity index (χ1n) is 7.98. The SMILES string of the molecule is CCOc1ccccc1NC(=O)CSCCOc1ccc(C)cc1. The number of ether oxygens (including phenoxy) is 2. The summed E-state index contributed by atoms with van der Waals surface area (Å²) in [6.07, 6.45) is 0. The maximum atomic E-state index is 12.0. The van der Waals surface area contributed by atoms with Gasteiger partial charge in [-0.1, -0.05) is 29.8 Å². The fraction of sp³-hybridized carbons (Fsp3) is 0.316. The van der Waals surface area contributed by atoms with Crippen molar-refractivity contribution in [2.24, 2.45) is 0 Å². The number of para-hydroxylation sites is 2. The molecule has 0 fully saturated rings. The monoisotopic (exact) mass is 345 g/mol. The van der Waals surface area contributed by atoms with E-state index < -0.39 is 0 Å². The Morgan fingerprint density at radius 3 is 2.58 bits per heavy atom. The van der Waals surface area contributed by atoms with Crippen LogP contribution < -0.4 is 14.8 Å². The van der Waals surface area contributed by atoms with Crippen LogP contribution in [-0.2, 0) is 4.79 Å². The van der Waals surface area contributed by atoms with Crippen molar-refractivity contribution in [3.8, 4) is 11.5 Å². The van der Waals surface area contributed by atoms with Crippen LogP contribution in [0.4, 0.5) is 5.69 Å². The Bertz CT molecular complexity index is 643. The standard InChI is InChI=1S/C19H23NO3S/c1-3-22-18-7-5-4-6-17(18)20-19(21)14-24-13-12-23-16-10-8-15(2)9-11-16/h4-11H,3,12-14H2,1-2H3,(H,20,21). The third-order valence-electron chi connectivity index (χ3n) is 3.21. The number of rotatable bonds is 9. The number of amides is 1. The van der Waals surface area contributed by atoms with Crippen LogP contribution in [-0.4, -0.2) is 30.6 Å². The second kappa shape index (κ2) is 9.88. The smallest absolute Gasteiger partial charge is 0.234 e. The molecule has 1 N–H and O–H groups in total. The van der Waals surface area contributed by atoms with Gasteiger partial charge in [0, 0.05) is 5.75 Å². The van der Waals surface area contributed by atoms with Gasteiger partial charge in [-0.3, -0.25) is 4.79 Å². The van der Waals surface area contributed by atoms with Crippen LogP contribution in [0.1, 0.15) is 12.5 Å². The highest BCUT2D eigenvalue weighted by molar-refractivity contribution is 7.99. The van der Waals surface area contributed by atoms with Crippen molar-refractivity contribution < 1.29 is 14.3 Å². The van der Waals surface area contributed by atoms with E-state index in [1.54, 1.807) is 11.8 Å². The Hall–Kier alpha value is -2.14. The second-order valence-corrected chi connectivity index (χ2v) is 6.30. The van der Waals surface area contributed by atoms with Gasteiger partial charge in [0.2, 0.25) is 5.91 Å². The number of aryl methyl sites for hydroxylation is 1. The number of hydrogen-bond acceptors (Lipinski definition) is 4. The molecule has 0 aromatic heterocycles. The zero-order valence-corrected chi connectivity index (χ0v) is 14.9. The first-order chi connectivity index (χ1) is 11.7. The minimum Gasteiger partial charge on any atom is -0.493 e. The molecule has 4 nitrogen and oxygen atoms in total. The number of anilines is 1. The van der Waals surface area contributed by atoms with Gasteiger partial charge in [-0.05, 0) is 38.1 Å². The molecule has 2 rings (SSSR count). The van der Waals surface area contributed by atoms with E-state index in [1.807, 2.05) is 62.4 Å². The minimum atomic E-state index is -0.0394. The van der Waals surface area contributed by atoms with Crippen LogP contribution >= 0.6 is 11.8 Å². The molecule has 5 heteroatoms. The van der Waals surface area contributed by atoms with E-state index in [2.05, 4.69) is 5.32 Å². The number of carbonyl (C=O) groups excluding carboxylic acids is 1. The van der Waals surface area contributed by atoms with Gasteiger partial charge >= 0.3 is 0 Å². The molecule has 0 saturated carbocycles. The highest BCUT2D eigenvalue weighted by Gasteiger charge is 2.07. The van der Waals surface area contributed by atoms with Crippen molar-refractivity contribution in [1.82, 2.24) is 0 Å². The molecule has 0 atom stereocenters.